The number of hydrogen-bond donors (Lipinski definition) is 0. The van der Waals surface area contributed by atoms with E-state index in [1.807, 2.05) is 0 Å². The van der Waals surface area contributed by atoms with Gasteiger partial charge in [0, 0.05) is 32.9 Å². The molecule has 57 heavy (non-hydrogen) atoms. The Morgan fingerprint density at radius 1 is 0.702 bits per heavy atom. The summed E-state index contributed by atoms with van der Waals surface area (Å²) < 4.78 is 9.12. The van der Waals surface area contributed by atoms with Gasteiger partial charge in [0.1, 0.15) is 11.2 Å². The smallest absolute Gasteiger partial charge is 0.235 e. The topological polar surface area (TPSA) is 43.9 Å². The van der Waals surface area contributed by atoms with Gasteiger partial charge in [0.25, 0.3) is 0 Å². The third-order valence-corrected chi connectivity index (χ3v) is 13.2. The highest BCUT2D eigenvalue weighted by atomic mass is 16.3. The Morgan fingerprint density at radius 2 is 1.49 bits per heavy atom. The standard InChI is InChI=1S/C53H41N3O/c1-53(2)43-20-9-6-15-37(43)39-19-12-18-36(49(39)53)35-27-29-45-42(31-35)48-46(30-28-40-38-16-8-11-22-47(38)57-51(40)48)56(45)52-54-44-21-10-7-17-41(44)50(55-52)34-25-23-33(24-26-34)32-13-4-3-5-14-32/h3-4,6-13,15-23,25,27-30,35H,5,14,24,26,31H2,1-2H3. The number of para-hydroxylation sites is 2. The van der Waals surface area contributed by atoms with E-state index in [1.54, 1.807) is 0 Å². The third-order valence-electron chi connectivity index (χ3n) is 13.2. The van der Waals surface area contributed by atoms with Crippen molar-refractivity contribution in [1.29, 1.82) is 0 Å². The van der Waals surface area contributed by atoms with Crippen LogP contribution >= 0.6 is 0 Å². The van der Waals surface area contributed by atoms with E-state index >= 15 is 0 Å². The monoisotopic (exact) mass is 735 g/mol. The fraction of sp³-hybridized carbons (Fsp3) is 0.170. The second-order valence-electron chi connectivity index (χ2n) is 16.7. The lowest BCUT2D eigenvalue weighted by Crippen LogP contribution is -2.19. The fourth-order valence-corrected chi connectivity index (χ4v) is 10.5. The summed E-state index contributed by atoms with van der Waals surface area (Å²) in [4.78, 5) is 10.9. The summed E-state index contributed by atoms with van der Waals surface area (Å²) in [7, 11) is 0. The van der Waals surface area contributed by atoms with E-state index in [1.165, 1.54) is 50.1 Å². The molecule has 0 saturated carbocycles. The van der Waals surface area contributed by atoms with Gasteiger partial charge in [0.15, 0.2) is 0 Å². The van der Waals surface area contributed by atoms with E-state index in [2.05, 4.69) is 164 Å². The Labute approximate surface area is 331 Å². The summed E-state index contributed by atoms with van der Waals surface area (Å²) in [5, 5.41) is 4.52. The molecule has 0 amide bonds. The molecule has 8 aromatic rings. The van der Waals surface area contributed by atoms with E-state index < -0.39 is 0 Å². The minimum atomic E-state index is -0.0971. The summed E-state index contributed by atoms with van der Waals surface area (Å²) in [5.74, 6) is 0.887. The predicted octanol–water partition coefficient (Wildman–Crippen LogP) is 13.5. The molecule has 4 aliphatic rings. The summed E-state index contributed by atoms with van der Waals surface area (Å²) in [6, 6.07) is 37.3. The normalized spacial score (nSPS) is 18.1. The number of hydrogen-bond acceptors (Lipinski definition) is 3. The Kier molecular flexibility index (Phi) is 7.02. The molecule has 3 aromatic heterocycles. The average Bonchev–Trinajstić information content (AvgIpc) is 3.89. The molecule has 0 radical (unpaired) electrons. The Bertz CT molecular complexity index is 3190. The van der Waals surface area contributed by atoms with Gasteiger partial charge in [-0.25, -0.2) is 9.97 Å². The van der Waals surface area contributed by atoms with Crippen molar-refractivity contribution >= 4 is 55.4 Å². The minimum absolute atomic E-state index is 0.0971. The molecule has 4 aliphatic carbocycles. The van der Waals surface area contributed by atoms with E-state index in [0.29, 0.717) is 5.95 Å². The number of aromatic nitrogens is 3. The zero-order valence-corrected chi connectivity index (χ0v) is 32.2. The van der Waals surface area contributed by atoms with Crippen molar-refractivity contribution in [2.45, 2.75) is 57.3 Å². The van der Waals surface area contributed by atoms with Crippen LogP contribution in [0, 0.1) is 0 Å². The zero-order valence-electron chi connectivity index (χ0n) is 32.2. The maximum absolute atomic E-state index is 6.82. The molecule has 0 bridgehead atoms. The summed E-state index contributed by atoms with van der Waals surface area (Å²) >= 11 is 0. The van der Waals surface area contributed by atoms with Crippen molar-refractivity contribution in [3.8, 4) is 17.1 Å². The highest BCUT2D eigenvalue weighted by Crippen LogP contribution is 2.53. The van der Waals surface area contributed by atoms with Gasteiger partial charge >= 0.3 is 0 Å². The third kappa shape index (κ3) is 4.80. The number of allylic oxidation sites excluding steroid dienone is 9. The van der Waals surface area contributed by atoms with Crippen LogP contribution in [0.4, 0.5) is 0 Å². The van der Waals surface area contributed by atoms with Crippen molar-refractivity contribution in [2.24, 2.45) is 0 Å². The van der Waals surface area contributed by atoms with Crippen LogP contribution < -0.4 is 0 Å². The van der Waals surface area contributed by atoms with E-state index in [0.717, 1.165) is 87.2 Å². The average molecular weight is 736 g/mol. The lowest BCUT2D eigenvalue weighted by atomic mass is 9.75. The number of benzene rings is 5. The van der Waals surface area contributed by atoms with E-state index in [-0.39, 0.29) is 11.3 Å². The van der Waals surface area contributed by atoms with Gasteiger partial charge in [-0.1, -0.05) is 129 Å². The SMILES string of the molecule is CC1(C)c2ccccc2-c2cccc(C3C=Cc4c(c5c6oc7ccccc7c6ccc5n4-c4nc(C5=CC=C(C6=CC=CCC6)CC5)c5ccccc5n4)C3)c21. The van der Waals surface area contributed by atoms with Crippen LogP contribution in [0.3, 0.4) is 0 Å². The Hall–Kier alpha value is -6.52. The molecule has 0 saturated heterocycles. The Morgan fingerprint density at radius 3 is 2.37 bits per heavy atom. The lowest BCUT2D eigenvalue weighted by molar-refractivity contribution is 0.641. The first-order valence-corrected chi connectivity index (χ1v) is 20.5. The van der Waals surface area contributed by atoms with Crippen LogP contribution in [0.5, 0.6) is 0 Å². The van der Waals surface area contributed by atoms with Crippen molar-refractivity contribution in [1.82, 2.24) is 14.5 Å². The molecule has 3 heterocycles. The number of fused-ring (bicyclic) bond motifs is 11. The first-order valence-electron chi connectivity index (χ1n) is 20.5. The molecule has 1 atom stereocenters. The lowest BCUT2D eigenvalue weighted by Gasteiger charge is -2.28. The van der Waals surface area contributed by atoms with Gasteiger partial charge in [-0.15, -0.1) is 0 Å². The number of rotatable bonds is 4. The van der Waals surface area contributed by atoms with Gasteiger partial charge in [0.2, 0.25) is 5.95 Å². The molecule has 4 nitrogen and oxygen atoms in total. The fourth-order valence-electron chi connectivity index (χ4n) is 10.5. The first kappa shape index (κ1) is 32.7. The van der Waals surface area contributed by atoms with Crippen LogP contribution in [-0.2, 0) is 11.8 Å². The quantitative estimate of drug-likeness (QED) is 0.181. The molecule has 0 fully saturated rings. The maximum Gasteiger partial charge on any atom is 0.235 e. The molecule has 12 rings (SSSR count). The number of nitrogens with zero attached hydrogens (tertiary/aromatic N) is 3. The highest BCUT2D eigenvalue weighted by molar-refractivity contribution is 6.16. The van der Waals surface area contributed by atoms with Gasteiger partial charge in [0.05, 0.1) is 22.4 Å². The van der Waals surface area contributed by atoms with Crippen molar-refractivity contribution in [2.75, 3.05) is 0 Å². The van der Waals surface area contributed by atoms with Gasteiger partial charge in [-0.2, -0.15) is 0 Å². The molecule has 1 unspecified atom stereocenters. The molecular formula is C53H41N3O. The van der Waals surface area contributed by atoms with Crippen LogP contribution in [0.15, 0.2) is 155 Å². The molecule has 0 spiro atoms. The van der Waals surface area contributed by atoms with Gasteiger partial charge < -0.3 is 4.42 Å². The molecule has 0 aliphatic heterocycles. The van der Waals surface area contributed by atoms with Crippen molar-refractivity contribution < 1.29 is 4.42 Å². The first-order chi connectivity index (χ1) is 28.0. The van der Waals surface area contributed by atoms with Crippen molar-refractivity contribution in [3.63, 3.8) is 0 Å². The molecular weight excluding hydrogens is 695 g/mol. The second kappa shape index (κ2) is 12.2. The number of furan rings is 1. The second-order valence-corrected chi connectivity index (χ2v) is 16.7. The molecule has 5 aromatic carbocycles. The summed E-state index contributed by atoms with van der Waals surface area (Å²) in [5.41, 5.74) is 18.3. The summed E-state index contributed by atoms with van der Waals surface area (Å²) in [6.45, 7) is 4.78. The molecule has 0 N–H and O–H groups in total. The van der Waals surface area contributed by atoms with Crippen LogP contribution in [-0.4, -0.2) is 14.5 Å². The van der Waals surface area contributed by atoms with Gasteiger partial charge in [-0.05, 0) is 113 Å². The van der Waals surface area contributed by atoms with Gasteiger partial charge in [-0.3, -0.25) is 4.57 Å². The predicted molar refractivity (Wildman–Crippen MR) is 235 cm³/mol. The summed E-state index contributed by atoms with van der Waals surface area (Å²) in [6.07, 6.45) is 21.2. The molecule has 274 valence electrons. The van der Waals surface area contributed by atoms with E-state index in [4.69, 9.17) is 14.4 Å². The zero-order chi connectivity index (χ0) is 37.8. The molecule has 4 heteroatoms. The highest BCUT2D eigenvalue weighted by Gasteiger charge is 2.39. The van der Waals surface area contributed by atoms with Crippen molar-refractivity contribution in [3.05, 3.63) is 184 Å². The van der Waals surface area contributed by atoms with E-state index in [9.17, 15) is 0 Å². The largest absolute Gasteiger partial charge is 0.455 e. The minimum Gasteiger partial charge on any atom is -0.455 e. The Balaban J connectivity index is 1.07. The van der Waals surface area contributed by atoms with Crippen LogP contribution in [0.25, 0.3) is 72.5 Å². The van der Waals surface area contributed by atoms with Crippen LogP contribution in [0.1, 0.15) is 79.1 Å². The maximum atomic E-state index is 6.82. The van der Waals surface area contributed by atoms with Crippen LogP contribution in [0.2, 0.25) is 0 Å².